The first kappa shape index (κ1) is 12.3. The summed E-state index contributed by atoms with van der Waals surface area (Å²) >= 11 is 1.59. The van der Waals surface area contributed by atoms with Gasteiger partial charge < -0.3 is 10.6 Å². The Morgan fingerprint density at radius 3 is 3.12 bits per heavy atom. The molecule has 17 heavy (non-hydrogen) atoms. The van der Waals surface area contributed by atoms with Crippen LogP contribution in [0.1, 0.15) is 40.4 Å². The summed E-state index contributed by atoms with van der Waals surface area (Å²) in [7, 11) is 0. The summed E-state index contributed by atoms with van der Waals surface area (Å²) in [5.74, 6) is 0.00208. The summed E-state index contributed by atoms with van der Waals surface area (Å²) in [4.78, 5) is 13.9. The second kappa shape index (κ2) is 5.47. The van der Waals surface area contributed by atoms with Crippen molar-refractivity contribution in [3.05, 3.63) is 34.0 Å². The number of hydrogen-bond acceptors (Lipinski definition) is 3. The minimum Gasteiger partial charge on any atom is -0.348 e. The van der Waals surface area contributed by atoms with E-state index in [1.54, 1.807) is 11.3 Å². The second-order valence-corrected chi connectivity index (χ2v) is 5.61. The zero-order chi connectivity index (χ0) is 12.3. The predicted molar refractivity (Wildman–Crippen MR) is 71.4 cm³/mol. The Labute approximate surface area is 106 Å². The maximum Gasteiger partial charge on any atom is 0.261 e. The molecule has 0 radical (unpaired) electrons. The monoisotopic (exact) mass is 250 g/mol. The third kappa shape index (κ3) is 3.17. The third-order valence-electron chi connectivity index (χ3n) is 2.81. The Bertz CT molecular complexity index is 419. The fourth-order valence-electron chi connectivity index (χ4n) is 1.91. The summed E-state index contributed by atoms with van der Waals surface area (Å²) in [6.07, 6.45) is 2.40. The molecule has 92 valence electrons. The van der Waals surface area contributed by atoms with Crippen molar-refractivity contribution in [3.8, 4) is 0 Å². The van der Waals surface area contributed by atoms with E-state index in [0.717, 1.165) is 17.0 Å². The highest BCUT2D eigenvalue weighted by Crippen LogP contribution is 2.29. The standard InChI is InChI=1S/C13H18N2OS/c1-9(2)8-15-13(16)12-6-5-11(17-12)10-4-3-7-14-10/h5-6,10,14H,1,3-4,7-8H2,2H3,(H,15,16). The van der Waals surface area contributed by atoms with Crippen molar-refractivity contribution < 1.29 is 4.79 Å². The molecule has 0 aromatic carbocycles. The zero-order valence-electron chi connectivity index (χ0n) is 10.1. The third-order valence-corrected chi connectivity index (χ3v) is 4.00. The lowest BCUT2D eigenvalue weighted by Crippen LogP contribution is -2.23. The minimum atomic E-state index is 0.00208. The van der Waals surface area contributed by atoms with Crippen LogP contribution in [0.25, 0.3) is 0 Å². The van der Waals surface area contributed by atoms with E-state index in [2.05, 4.69) is 23.3 Å². The molecule has 1 unspecified atom stereocenters. The van der Waals surface area contributed by atoms with Gasteiger partial charge in [0.05, 0.1) is 4.88 Å². The molecule has 1 saturated heterocycles. The summed E-state index contributed by atoms with van der Waals surface area (Å²) < 4.78 is 0. The average Bonchev–Trinajstić information content (AvgIpc) is 2.94. The fraction of sp³-hybridized carbons (Fsp3) is 0.462. The molecule has 1 fully saturated rings. The number of carbonyl (C=O) groups is 1. The van der Waals surface area contributed by atoms with Gasteiger partial charge in [0, 0.05) is 17.5 Å². The number of nitrogens with one attached hydrogen (secondary N) is 2. The number of hydrogen-bond donors (Lipinski definition) is 2. The van der Waals surface area contributed by atoms with Gasteiger partial charge in [0.1, 0.15) is 0 Å². The molecule has 0 saturated carbocycles. The van der Waals surface area contributed by atoms with Crippen LogP contribution in [-0.2, 0) is 0 Å². The summed E-state index contributed by atoms with van der Waals surface area (Å²) in [5, 5.41) is 6.29. The van der Waals surface area contributed by atoms with Gasteiger partial charge in [-0.05, 0) is 38.4 Å². The average molecular weight is 250 g/mol. The van der Waals surface area contributed by atoms with E-state index in [9.17, 15) is 4.79 Å². The van der Waals surface area contributed by atoms with Gasteiger partial charge in [-0.15, -0.1) is 11.3 Å². The van der Waals surface area contributed by atoms with Crippen LogP contribution in [0.3, 0.4) is 0 Å². The molecule has 4 heteroatoms. The van der Waals surface area contributed by atoms with E-state index in [1.165, 1.54) is 17.7 Å². The molecule has 2 rings (SSSR count). The number of amides is 1. The van der Waals surface area contributed by atoms with Crippen LogP contribution in [0.4, 0.5) is 0 Å². The first-order valence-electron chi connectivity index (χ1n) is 5.92. The van der Waals surface area contributed by atoms with E-state index in [4.69, 9.17) is 0 Å². The van der Waals surface area contributed by atoms with Gasteiger partial charge >= 0.3 is 0 Å². The van der Waals surface area contributed by atoms with Gasteiger partial charge in [-0.3, -0.25) is 4.79 Å². The van der Waals surface area contributed by atoms with Gasteiger partial charge in [-0.1, -0.05) is 12.2 Å². The van der Waals surface area contributed by atoms with E-state index >= 15 is 0 Å². The number of carbonyl (C=O) groups excluding carboxylic acids is 1. The van der Waals surface area contributed by atoms with E-state index in [0.29, 0.717) is 12.6 Å². The predicted octanol–water partition coefficient (Wildman–Crippen LogP) is 2.48. The zero-order valence-corrected chi connectivity index (χ0v) is 10.9. The van der Waals surface area contributed by atoms with Gasteiger partial charge in [-0.2, -0.15) is 0 Å². The molecule has 0 aliphatic carbocycles. The van der Waals surface area contributed by atoms with E-state index in [-0.39, 0.29) is 5.91 Å². The highest BCUT2D eigenvalue weighted by atomic mass is 32.1. The Balaban J connectivity index is 1.97. The number of thiophene rings is 1. The lowest BCUT2D eigenvalue weighted by molar-refractivity contribution is 0.0961. The molecular formula is C13H18N2OS. The quantitative estimate of drug-likeness (QED) is 0.806. The molecule has 1 atom stereocenters. The number of rotatable bonds is 4. The molecule has 1 amide bonds. The Hall–Kier alpha value is -1.13. The Kier molecular flexibility index (Phi) is 3.97. The first-order valence-corrected chi connectivity index (χ1v) is 6.74. The van der Waals surface area contributed by atoms with E-state index in [1.807, 2.05) is 13.0 Å². The largest absolute Gasteiger partial charge is 0.348 e. The van der Waals surface area contributed by atoms with Gasteiger partial charge in [0.2, 0.25) is 0 Å². The molecule has 0 bridgehead atoms. The van der Waals surface area contributed by atoms with Crippen molar-refractivity contribution in [2.24, 2.45) is 0 Å². The molecule has 1 aromatic rings. The highest BCUT2D eigenvalue weighted by Gasteiger charge is 2.19. The molecule has 1 aliphatic rings. The first-order chi connectivity index (χ1) is 8.16. The van der Waals surface area contributed by atoms with Crippen molar-refractivity contribution in [1.29, 1.82) is 0 Å². The molecule has 1 aromatic heterocycles. The van der Waals surface area contributed by atoms with Crippen LogP contribution < -0.4 is 10.6 Å². The maximum absolute atomic E-state index is 11.8. The van der Waals surface area contributed by atoms with Crippen molar-refractivity contribution in [3.63, 3.8) is 0 Å². The summed E-state index contributed by atoms with van der Waals surface area (Å²) in [6.45, 7) is 7.31. The Morgan fingerprint density at radius 2 is 2.47 bits per heavy atom. The van der Waals surface area contributed by atoms with Crippen molar-refractivity contribution >= 4 is 17.2 Å². The summed E-state index contributed by atoms with van der Waals surface area (Å²) in [6, 6.07) is 4.42. The SMILES string of the molecule is C=C(C)CNC(=O)c1ccc(C2CCCN2)s1. The minimum absolute atomic E-state index is 0.00208. The molecule has 1 aliphatic heterocycles. The highest BCUT2D eigenvalue weighted by molar-refractivity contribution is 7.14. The second-order valence-electron chi connectivity index (χ2n) is 4.49. The van der Waals surface area contributed by atoms with Gasteiger partial charge in [-0.25, -0.2) is 0 Å². The van der Waals surface area contributed by atoms with Gasteiger partial charge in [0.25, 0.3) is 5.91 Å². The lowest BCUT2D eigenvalue weighted by Gasteiger charge is -2.06. The van der Waals surface area contributed by atoms with E-state index < -0.39 is 0 Å². The smallest absolute Gasteiger partial charge is 0.261 e. The van der Waals surface area contributed by atoms with Crippen molar-refractivity contribution in [2.45, 2.75) is 25.8 Å². The molecular weight excluding hydrogens is 232 g/mol. The molecule has 3 nitrogen and oxygen atoms in total. The van der Waals surface area contributed by atoms with Gasteiger partial charge in [0.15, 0.2) is 0 Å². The fourth-order valence-corrected chi connectivity index (χ4v) is 2.94. The van der Waals surface area contributed by atoms with Crippen molar-refractivity contribution in [2.75, 3.05) is 13.1 Å². The normalized spacial score (nSPS) is 19.2. The lowest BCUT2D eigenvalue weighted by atomic mass is 10.2. The topological polar surface area (TPSA) is 41.1 Å². The molecule has 2 heterocycles. The molecule has 2 N–H and O–H groups in total. The van der Waals surface area contributed by atoms with Crippen LogP contribution in [0, 0.1) is 0 Å². The van der Waals surface area contributed by atoms with Crippen LogP contribution in [-0.4, -0.2) is 19.0 Å². The van der Waals surface area contributed by atoms with Crippen molar-refractivity contribution in [1.82, 2.24) is 10.6 Å². The van der Waals surface area contributed by atoms with Crippen LogP contribution in [0.2, 0.25) is 0 Å². The molecule has 0 spiro atoms. The summed E-state index contributed by atoms with van der Waals surface area (Å²) in [5.41, 5.74) is 0.965. The maximum atomic E-state index is 11.8. The van der Waals surface area contributed by atoms with Crippen LogP contribution >= 0.6 is 11.3 Å². The Morgan fingerprint density at radius 1 is 1.65 bits per heavy atom. The van der Waals surface area contributed by atoms with Crippen LogP contribution in [0.5, 0.6) is 0 Å². The van der Waals surface area contributed by atoms with Crippen LogP contribution in [0.15, 0.2) is 24.3 Å².